The lowest BCUT2D eigenvalue weighted by atomic mass is 10.1. The molecule has 0 saturated heterocycles. The summed E-state index contributed by atoms with van der Waals surface area (Å²) in [6, 6.07) is 11.9. The molecule has 6 nitrogen and oxygen atoms in total. The Bertz CT molecular complexity index is 800. The number of amides is 3. The molecular weight excluding hydrogens is 306 g/mol. The maximum absolute atomic E-state index is 12.4. The standard InChI is InChI=1S/C18H19N3O3/c1-11-7-8-16(20-13(3)23)10-17(11)21-18(24)14-5-4-6-15(9-14)19-12(2)22/h4-10H,1-3H3,(H,19,22)(H,20,23)(H,21,24). The average Bonchev–Trinajstić information content (AvgIpc) is 2.49. The summed E-state index contributed by atoms with van der Waals surface area (Å²) in [5, 5.41) is 8.14. The summed E-state index contributed by atoms with van der Waals surface area (Å²) in [5.74, 6) is -0.684. The summed E-state index contributed by atoms with van der Waals surface area (Å²) in [5.41, 5.74) is 3.06. The molecule has 2 aromatic rings. The molecule has 0 aliphatic carbocycles. The number of aryl methyl sites for hydroxylation is 1. The average molecular weight is 325 g/mol. The van der Waals surface area contributed by atoms with Gasteiger partial charge in [0.15, 0.2) is 0 Å². The van der Waals surface area contributed by atoms with Crippen LogP contribution in [-0.2, 0) is 9.59 Å². The molecule has 0 heterocycles. The van der Waals surface area contributed by atoms with E-state index in [1.165, 1.54) is 13.8 Å². The molecule has 6 heteroatoms. The van der Waals surface area contributed by atoms with Crippen LogP contribution in [0.5, 0.6) is 0 Å². The summed E-state index contributed by atoms with van der Waals surface area (Å²) >= 11 is 0. The minimum Gasteiger partial charge on any atom is -0.326 e. The van der Waals surface area contributed by atoms with Gasteiger partial charge < -0.3 is 16.0 Å². The van der Waals surface area contributed by atoms with Crippen LogP contribution in [0.3, 0.4) is 0 Å². The van der Waals surface area contributed by atoms with Crippen LogP contribution in [0.1, 0.15) is 29.8 Å². The van der Waals surface area contributed by atoms with Crippen molar-refractivity contribution in [3.63, 3.8) is 0 Å². The van der Waals surface area contributed by atoms with E-state index >= 15 is 0 Å². The van der Waals surface area contributed by atoms with Crippen LogP contribution in [-0.4, -0.2) is 17.7 Å². The first-order valence-electron chi connectivity index (χ1n) is 7.42. The largest absolute Gasteiger partial charge is 0.326 e. The van der Waals surface area contributed by atoms with Crippen molar-refractivity contribution in [1.82, 2.24) is 0 Å². The zero-order chi connectivity index (χ0) is 17.7. The monoisotopic (exact) mass is 325 g/mol. The fourth-order valence-electron chi connectivity index (χ4n) is 2.17. The molecule has 0 aliphatic heterocycles. The number of carbonyl (C=O) groups is 3. The molecule has 0 saturated carbocycles. The second-order valence-corrected chi connectivity index (χ2v) is 5.43. The van der Waals surface area contributed by atoms with E-state index in [2.05, 4.69) is 16.0 Å². The minimum absolute atomic E-state index is 0.181. The van der Waals surface area contributed by atoms with Crippen molar-refractivity contribution in [3.8, 4) is 0 Å². The van der Waals surface area contributed by atoms with Crippen LogP contribution >= 0.6 is 0 Å². The van der Waals surface area contributed by atoms with Gasteiger partial charge in [-0.1, -0.05) is 12.1 Å². The van der Waals surface area contributed by atoms with Crippen molar-refractivity contribution >= 4 is 34.8 Å². The molecule has 124 valence electrons. The van der Waals surface area contributed by atoms with Crippen molar-refractivity contribution < 1.29 is 14.4 Å². The summed E-state index contributed by atoms with van der Waals surface area (Å²) in [6.07, 6.45) is 0. The van der Waals surface area contributed by atoms with E-state index in [1.54, 1.807) is 36.4 Å². The van der Waals surface area contributed by atoms with Crippen LogP contribution in [0.2, 0.25) is 0 Å². The third-order valence-corrected chi connectivity index (χ3v) is 3.25. The van der Waals surface area contributed by atoms with Crippen LogP contribution in [0.15, 0.2) is 42.5 Å². The van der Waals surface area contributed by atoms with Gasteiger partial charge in [-0.15, -0.1) is 0 Å². The Hall–Kier alpha value is -3.15. The SMILES string of the molecule is CC(=O)Nc1cccc(C(=O)Nc2cc(NC(C)=O)ccc2C)c1. The summed E-state index contributed by atoms with van der Waals surface area (Å²) in [4.78, 5) is 34.7. The van der Waals surface area contributed by atoms with Crippen LogP contribution in [0.4, 0.5) is 17.1 Å². The van der Waals surface area contributed by atoms with Gasteiger partial charge in [-0.05, 0) is 42.8 Å². The predicted octanol–water partition coefficient (Wildman–Crippen LogP) is 3.16. The molecule has 0 aromatic heterocycles. The van der Waals surface area contributed by atoms with E-state index in [4.69, 9.17) is 0 Å². The molecule has 3 amide bonds. The van der Waals surface area contributed by atoms with Gasteiger partial charge in [0.2, 0.25) is 11.8 Å². The fourth-order valence-corrected chi connectivity index (χ4v) is 2.17. The van der Waals surface area contributed by atoms with Gasteiger partial charge in [0.1, 0.15) is 0 Å². The quantitative estimate of drug-likeness (QED) is 0.807. The van der Waals surface area contributed by atoms with Gasteiger partial charge in [-0.3, -0.25) is 14.4 Å². The Kier molecular flexibility index (Phi) is 5.31. The highest BCUT2D eigenvalue weighted by atomic mass is 16.2. The van der Waals surface area contributed by atoms with E-state index < -0.39 is 0 Å². The fraction of sp³-hybridized carbons (Fsp3) is 0.167. The molecule has 24 heavy (non-hydrogen) atoms. The highest BCUT2D eigenvalue weighted by Crippen LogP contribution is 2.21. The first-order valence-corrected chi connectivity index (χ1v) is 7.42. The number of carbonyl (C=O) groups excluding carboxylic acids is 3. The van der Waals surface area contributed by atoms with Gasteiger partial charge in [0.05, 0.1) is 0 Å². The number of hydrogen-bond donors (Lipinski definition) is 3. The van der Waals surface area contributed by atoms with E-state index in [0.29, 0.717) is 22.6 Å². The normalized spacial score (nSPS) is 9.96. The van der Waals surface area contributed by atoms with Crippen molar-refractivity contribution in [2.45, 2.75) is 20.8 Å². The molecule has 2 rings (SSSR count). The lowest BCUT2D eigenvalue weighted by Gasteiger charge is -2.12. The lowest BCUT2D eigenvalue weighted by molar-refractivity contribution is -0.115. The third kappa shape index (κ3) is 4.67. The van der Waals surface area contributed by atoms with Gasteiger partial charge in [0, 0.05) is 36.5 Å². The highest BCUT2D eigenvalue weighted by Gasteiger charge is 2.10. The van der Waals surface area contributed by atoms with E-state index in [1.807, 2.05) is 13.0 Å². The summed E-state index contributed by atoms with van der Waals surface area (Å²) in [6.45, 7) is 4.69. The maximum atomic E-state index is 12.4. The summed E-state index contributed by atoms with van der Waals surface area (Å²) in [7, 11) is 0. The molecule has 0 radical (unpaired) electrons. The molecule has 0 aliphatic rings. The Balaban J connectivity index is 2.20. The predicted molar refractivity (Wildman–Crippen MR) is 94.2 cm³/mol. The zero-order valence-corrected chi connectivity index (χ0v) is 13.8. The lowest BCUT2D eigenvalue weighted by Crippen LogP contribution is -2.14. The topological polar surface area (TPSA) is 87.3 Å². The molecule has 0 unspecified atom stereocenters. The third-order valence-electron chi connectivity index (χ3n) is 3.25. The Morgan fingerprint density at radius 1 is 0.792 bits per heavy atom. The molecule has 0 spiro atoms. The van der Waals surface area contributed by atoms with Crippen LogP contribution < -0.4 is 16.0 Å². The smallest absolute Gasteiger partial charge is 0.255 e. The van der Waals surface area contributed by atoms with Crippen LogP contribution in [0.25, 0.3) is 0 Å². The Morgan fingerprint density at radius 3 is 2.04 bits per heavy atom. The number of anilines is 3. The van der Waals surface area contributed by atoms with Gasteiger partial charge in [0.25, 0.3) is 5.91 Å². The second kappa shape index (κ2) is 7.41. The summed E-state index contributed by atoms with van der Waals surface area (Å²) < 4.78 is 0. The molecule has 0 bridgehead atoms. The number of nitrogens with one attached hydrogen (secondary N) is 3. The Labute approximate surface area is 140 Å². The van der Waals surface area contributed by atoms with Crippen molar-refractivity contribution in [2.24, 2.45) is 0 Å². The van der Waals surface area contributed by atoms with Gasteiger partial charge in [-0.2, -0.15) is 0 Å². The highest BCUT2D eigenvalue weighted by molar-refractivity contribution is 6.06. The second-order valence-electron chi connectivity index (χ2n) is 5.43. The molecule has 0 atom stereocenters. The first-order chi connectivity index (χ1) is 11.3. The van der Waals surface area contributed by atoms with Crippen molar-refractivity contribution in [1.29, 1.82) is 0 Å². The zero-order valence-electron chi connectivity index (χ0n) is 13.8. The van der Waals surface area contributed by atoms with E-state index in [0.717, 1.165) is 5.56 Å². The van der Waals surface area contributed by atoms with E-state index in [-0.39, 0.29) is 17.7 Å². The van der Waals surface area contributed by atoms with Crippen molar-refractivity contribution in [3.05, 3.63) is 53.6 Å². The first kappa shape index (κ1) is 17.2. The Morgan fingerprint density at radius 2 is 1.42 bits per heavy atom. The molecule has 0 fully saturated rings. The van der Waals surface area contributed by atoms with Gasteiger partial charge in [-0.25, -0.2) is 0 Å². The minimum atomic E-state index is -0.301. The number of hydrogen-bond acceptors (Lipinski definition) is 3. The molecular formula is C18H19N3O3. The van der Waals surface area contributed by atoms with Gasteiger partial charge >= 0.3 is 0 Å². The van der Waals surface area contributed by atoms with E-state index in [9.17, 15) is 14.4 Å². The number of benzene rings is 2. The molecule has 2 aromatic carbocycles. The maximum Gasteiger partial charge on any atom is 0.255 e. The van der Waals surface area contributed by atoms with Crippen molar-refractivity contribution in [2.75, 3.05) is 16.0 Å². The van der Waals surface area contributed by atoms with Crippen LogP contribution in [0, 0.1) is 6.92 Å². The molecule has 3 N–H and O–H groups in total. The number of rotatable bonds is 4.